The van der Waals surface area contributed by atoms with E-state index in [0.29, 0.717) is 12.3 Å². The van der Waals surface area contributed by atoms with Crippen LogP contribution in [-0.4, -0.2) is 42.9 Å². The van der Waals surface area contributed by atoms with Crippen molar-refractivity contribution in [2.45, 2.75) is 13.2 Å². The first-order valence-electron chi connectivity index (χ1n) is 8.97. The summed E-state index contributed by atoms with van der Waals surface area (Å²) in [5.74, 6) is 0.471. The molecule has 0 radical (unpaired) electrons. The maximum atomic E-state index is 12.2. The number of benzene rings is 2. The highest BCUT2D eigenvalue weighted by Gasteiger charge is 2.11. The molecule has 0 fully saturated rings. The number of aliphatic imine (C=N–C) groups is 1. The van der Waals surface area contributed by atoms with Gasteiger partial charge in [0.1, 0.15) is 18.1 Å². The van der Waals surface area contributed by atoms with Crippen molar-refractivity contribution in [3.63, 3.8) is 0 Å². The standard InChI is InChI=1S/C21H25N5O2/c1-23-21(22)25-20(27)19-10-14-8-9-17(11-18(14)24-19)28-13-16-7-5-4-6-15(16)12-26(2)3/h4-11,24H,12-13H2,1-3H3,(H3,22,23,25,27). The molecule has 0 unspecified atom stereocenters. The van der Waals surface area contributed by atoms with Crippen molar-refractivity contribution in [1.29, 1.82) is 0 Å². The van der Waals surface area contributed by atoms with E-state index in [1.54, 1.807) is 6.07 Å². The van der Waals surface area contributed by atoms with Crippen LogP contribution in [0.5, 0.6) is 5.75 Å². The Morgan fingerprint density at radius 3 is 2.64 bits per heavy atom. The molecule has 0 spiro atoms. The number of fused-ring (bicyclic) bond motifs is 1. The maximum Gasteiger partial charge on any atom is 0.274 e. The second-order valence-corrected chi connectivity index (χ2v) is 6.79. The fourth-order valence-electron chi connectivity index (χ4n) is 2.91. The molecular formula is C21H25N5O2. The van der Waals surface area contributed by atoms with Crippen LogP contribution >= 0.6 is 0 Å². The van der Waals surface area contributed by atoms with Crippen molar-refractivity contribution in [1.82, 2.24) is 15.2 Å². The minimum Gasteiger partial charge on any atom is -0.489 e. The number of aromatic nitrogens is 1. The lowest BCUT2D eigenvalue weighted by Crippen LogP contribution is -2.36. The number of carbonyl (C=O) groups is 1. The molecule has 0 bridgehead atoms. The maximum absolute atomic E-state index is 12.2. The molecule has 0 aliphatic carbocycles. The van der Waals surface area contributed by atoms with Crippen molar-refractivity contribution in [3.8, 4) is 5.75 Å². The number of carbonyl (C=O) groups excluding carboxylic acids is 1. The zero-order chi connectivity index (χ0) is 20.1. The highest BCUT2D eigenvalue weighted by atomic mass is 16.5. The van der Waals surface area contributed by atoms with Gasteiger partial charge in [0, 0.05) is 30.6 Å². The Morgan fingerprint density at radius 1 is 1.18 bits per heavy atom. The molecular weight excluding hydrogens is 354 g/mol. The van der Waals surface area contributed by atoms with E-state index in [4.69, 9.17) is 10.5 Å². The molecule has 0 saturated carbocycles. The fraction of sp³-hybridized carbons (Fsp3) is 0.238. The van der Waals surface area contributed by atoms with Crippen LogP contribution < -0.4 is 15.8 Å². The lowest BCUT2D eigenvalue weighted by Gasteiger charge is -2.14. The lowest BCUT2D eigenvalue weighted by atomic mass is 10.1. The van der Waals surface area contributed by atoms with Gasteiger partial charge < -0.3 is 20.4 Å². The lowest BCUT2D eigenvalue weighted by molar-refractivity contribution is 0.0972. The first-order chi connectivity index (χ1) is 13.5. The van der Waals surface area contributed by atoms with Gasteiger partial charge in [-0.25, -0.2) is 0 Å². The summed E-state index contributed by atoms with van der Waals surface area (Å²) in [7, 11) is 5.61. The summed E-state index contributed by atoms with van der Waals surface area (Å²) in [5, 5.41) is 3.43. The second kappa shape index (κ2) is 8.58. The highest BCUT2D eigenvalue weighted by molar-refractivity contribution is 6.06. The highest BCUT2D eigenvalue weighted by Crippen LogP contribution is 2.23. The summed E-state index contributed by atoms with van der Waals surface area (Å²) in [4.78, 5) is 21.1. The predicted molar refractivity (Wildman–Crippen MR) is 111 cm³/mol. The number of nitrogens with zero attached hydrogens (tertiary/aromatic N) is 2. The van der Waals surface area contributed by atoms with Crippen LogP contribution in [0.1, 0.15) is 21.6 Å². The van der Waals surface area contributed by atoms with Crippen LogP contribution in [0.3, 0.4) is 0 Å². The molecule has 146 valence electrons. The van der Waals surface area contributed by atoms with Crippen molar-refractivity contribution in [2.75, 3.05) is 21.1 Å². The van der Waals surface area contributed by atoms with Gasteiger partial charge >= 0.3 is 0 Å². The molecule has 0 saturated heterocycles. The van der Waals surface area contributed by atoms with E-state index in [1.807, 2.05) is 44.4 Å². The molecule has 7 nitrogen and oxygen atoms in total. The molecule has 0 aliphatic heterocycles. The molecule has 4 N–H and O–H groups in total. The largest absolute Gasteiger partial charge is 0.489 e. The predicted octanol–water partition coefficient (Wildman–Crippen LogP) is 2.48. The van der Waals surface area contributed by atoms with Crippen molar-refractivity contribution in [3.05, 3.63) is 65.4 Å². The van der Waals surface area contributed by atoms with Gasteiger partial charge in [-0.05, 0) is 43.4 Å². The first kappa shape index (κ1) is 19.4. The number of amides is 1. The van der Waals surface area contributed by atoms with Crippen molar-refractivity contribution >= 4 is 22.8 Å². The van der Waals surface area contributed by atoms with Crippen LogP contribution in [0, 0.1) is 0 Å². The Labute approximate surface area is 164 Å². The third-order valence-electron chi connectivity index (χ3n) is 4.32. The van der Waals surface area contributed by atoms with E-state index in [9.17, 15) is 4.79 Å². The Bertz CT molecular complexity index is 1010. The first-order valence-corrected chi connectivity index (χ1v) is 8.97. The third kappa shape index (κ3) is 4.69. The number of hydrogen-bond donors (Lipinski definition) is 3. The monoisotopic (exact) mass is 379 g/mol. The van der Waals surface area contributed by atoms with Crippen LogP contribution in [0.2, 0.25) is 0 Å². The van der Waals surface area contributed by atoms with E-state index >= 15 is 0 Å². The number of nitrogens with two attached hydrogens (primary N) is 1. The molecule has 0 atom stereocenters. The minimum atomic E-state index is -0.334. The van der Waals surface area contributed by atoms with Gasteiger partial charge in [0.25, 0.3) is 5.91 Å². The summed E-state index contributed by atoms with van der Waals surface area (Å²) < 4.78 is 6.00. The van der Waals surface area contributed by atoms with Crippen LogP contribution in [0.15, 0.2) is 53.5 Å². The Hall–Kier alpha value is -3.32. The van der Waals surface area contributed by atoms with Crippen LogP contribution in [0.25, 0.3) is 10.9 Å². The number of H-pyrrole nitrogens is 1. The summed E-state index contributed by atoms with van der Waals surface area (Å²) in [6.07, 6.45) is 0. The number of ether oxygens (including phenoxy) is 1. The topological polar surface area (TPSA) is 95.7 Å². The zero-order valence-electron chi connectivity index (χ0n) is 16.3. The number of guanidine groups is 1. The molecule has 0 aliphatic rings. The fourth-order valence-corrected chi connectivity index (χ4v) is 2.91. The van der Waals surface area contributed by atoms with Gasteiger partial charge in [0.15, 0.2) is 5.96 Å². The second-order valence-electron chi connectivity index (χ2n) is 6.79. The molecule has 1 amide bonds. The van der Waals surface area contributed by atoms with Gasteiger partial charge in [0.2, 0.25) is 0 Å². The van der Waals surface area contributed by atoms with Crippen molar-refractivity contribution < 1.29 is 9.53 Å². The number of rotatable bonds is 6. The number of hydrogen-bond acceptors (Lipinski definition) is 4. The Morgan fingerprint density at radius 2 is 1.93 bits per heavy atom. The van der Waals surface area contributed by atoms with Gasteiger partial charge in [-0.2, -0.15) is 0 Å². The van der Waals surface area contributed by atoms with Gasteiger partial charge in [-0.3, -0.25) is 15.1 Å². The molecule has 3 aromatic rings. The quantitative estimate of drug-likeness (QED) is 0.453. The molecule has 28 heavy (non-hydrogen) atoms. The summed E-state index contributed by atoms with van der Waals surface area (Å²) in [5.41, 5.74) is 9.16. The molecule has 1 heterocycles. The molecule has 7 heteroatoms. The summed E-state index contributed by atoms with van der Waals surface area (Å²) in [6.45, 7) is 1.34. The van der Waals surface area contributed by atoms with E-state index in [0.717, 1.165) is 28.8 Å². The van der Waals surface area contributed by atoms with E-state index < -0.39 is 0 Å². The number of aromatic amines is 1. The third-order valence-corrected chi connectivity index (χ3v) is 4.32. The van der Waals surface area contributed by atoms with E-state index in [2.05, 4.69) is 32.3 Å². The normalized spacial score (nSPS) is 11.8. The molecule has 1 aromatic heterocycles. The van der Waals surface area contributed by atoms with E-state index in [-0.39, 0.29) is 11.9 Å². The van der Waals surface area contributed by atoms with Gasteiger partial charge in [0.05, 0.1) is 0 Å². The SMILES string of the molecule is CN=C(N)NC(=O)c1cc2ccc(OCc3ccccc3CN(C)C)cc2[nH]1. The van der Waals surface area contributed by atoms with Gasteiger partial charge in [-0.1, -0.05) is 24.3 Å². The number of nitrogens with one attached hydrogen (secondary N) is 2. The zero-order valence-corrected chi connectivity index (χ0v) is 16.3. The smallest absolute Gasteiger partial charge is 0.274 e. The van der Waals surface area contributed by atoms with Crippen molar-refractivity contribution in [2.24, 2.45) is 10.7 Å². The average Bonchev–Trinajstić information content (AvgIpc) is 3.10. The molecule has 3 rings (SSSR count). The summed E-state index contributed by atoms with van der Waals surface area (Å²) >= 11 is 0. The Balaban J connectivity index is 1.74. The van der Waals surface area contributed by atoms with Crippen LogP contribution in [-0.2, 0) is 13.2 Å². The summed E-state index contributed by atoms with van der Waals surface area (Å²) in [6, 6.07) is 15.7. The average molecular weight is 379 g/mol. The van der Waals surface area contributed by atoms with E-state index in [1.165, 1.54) is 12.6 Å². The Kier molecular flexibility index (Phi) is 5.96. The van der Waals surface area contributed by atoms with Gasteiger partial charge in [-0.15, -0.1) is 0 Å². The van der Waals surface area contributed by atoms with Crippen LogP contribution in [0.4, 0.5) is 0 Å². The molecule has 2 aromatic carbocycles. The minimum absolute atomic E-state index is 0.0732.